The third-order valence-corrected chi connectivity index (χ3v) is 8.70. The first-order valence-electron chi connectivity index (χ1n) is 11.2. The number of benzene rings is 2. The van der Waals surface area contributed by atoms with E-state index in [0.717, 1.165) is 26.9 Å². The van der Waals surface area contributed by atoms with E-state index in [2.05, 4.69) is 11.1 Å². The number of carbonyl (C=O) groups excluding carboxylic acids is 1. The molecule has 4 rings (SSSR count). The van der Waals surface area contributed by atoms with Gasteiger partial charge in [-0.25, -0.2) is 18.4 Å². The van der Waals surface area contributed by atoms with Crippen LogP contribution in [-0.4, -0.2) is 41.2 Å². The molecule has 0 unspecified atom stereocenters. The van der Waals surface area contributed by atoms with Crippen molar-refractivity contribution in [1.82, 2.24) is 14.5 Å². The summed E-state index contributed by atoms with van der Waals surface area (Å²) < 4.78 is 28.6. The Morgan fingerprint density at radius 3 is 2.56 bits per heavy atom. The average molecular weight is 497 g/mol. The lowest BCUT2D eigenvalue weighted by Gasteiger charge is -2.20. The summed E-state index contributed by atoms with van der Waals surface area (Å²) in [6.45, 7) is 7.12. The maximum atomic E-state index is 13.3. The van der Waals surface area contributed by atoms with Crippen LogP contribution in [0.2, 0.25) is 0 Å². The third-order valence-electron chi connectivity index (χ3n) is 5.93. The Kier molecular flexibility index (Phi) is 7.13. The second-order valence-corrected chi connectivity index (χ2v) is 11.6. The van der Waals surface area contributed by atoms with Crippen molar-refractivity contribution in [2.24, 2.45) is 0 Å². The average Bonchev–Trinajstić information content (AvgIpc) is 3.48. The van der Waals surface area contributed by atoms with E-state index in [1.165, 1.54) is 11.3 Å². The smallest absolute Gasteiger partial charge is 0.229 e. The minimum Gasteiger partial charge on any atom is -0.337 e. The van der Waals surface area contributed by atoms with Crippen LogP contribution >= 0.6 is 11.3 Å². The summed E-state index contributed by atoms with van der Waals surface area (Å²) in [6.07, 6.45) is 5.93. The molecule has 178 valence electrons. The number of fused-ring (bicyclic) bond motifs is 1. The van der Waals surface area contributed by atoms with Crippen molar-refractivity contribution < 1.29 is 13.2 Å². The van der Waals surface area contributed by atoms with Crippen LogP contribution in [0.25, 0.3) is 10.2 Å². The van der Waals surface area contributed by atoms with Gasteiger partial charge >= 0.3 is 0 Å². The number of hydrogen-bond acceptors (Lipinski definition) is 6. The third kappa shape index (κ3) is 5.37. The molecule has 2 aromatic carbocycles. The number of sulfone groups is 1. The number of anilines is 1. The van der Waals surface area contributed by atoms with Crippen molar-refractivity contribution in [1.29, 1.82) is 0 Å². The van der Waals surface area contributed by atoms with Gasteiger partial charge in [-0.2, -0.15) is 0 Å². The quantitative estimate of drug-likeness (QED) is 0.335. The van der Waals surface area contributed by atoms with E-state index < -0.39 is 9.84 Å². The number of rotatable bonds is 9. The Bertz CT molecular complexity index is 1390. The molecule has 0 aliphatic heterocycles. The zero-order valence-corrected chi connectivity index (χ0v) is 21.2. The van der Waals surface area contributed by atoms with Gasteiger partial charge in [0, 0.05) is 31.9 Å². The van der Waals surface area contributed by atoms with Crippen molar-refractivity contribution in [3.05, 3.63) is 71.8 Å². The van der Waals surface area contributed by atoms with Crippen LogP contribution in [0, 0.1) is 20.8 Å². The molecule has 0 aliphatic carbocycles. The number of aryl methyl sites for hydroxylation is 4. The number of imidazole rings is 1. The molecule has 7 nitrogen and oxygen atoms in total. The first-order valence-corrected chi connectivity index (χ1v) is 13.6. The fourth-order valence-electron chi connectivity index (χ4n) is 3.71. The van der Waals surface area contributed by atoms with E-state index in [1.54, 1.807) is 41.7 Å². The predicted molar refractivity (Wildman–Crippen MR) is 136 cm³/mol. The molecule has 0 spiro atoms. The first-order chi connectivity index (χ1) is 16.2. The highest BCUT2D eigenvalue weighted by Gasteiger charge is 2.23. The molecule has 34 heavy (non-hydrogen) atoms. The summed E-state index contributed by atoms with van der Waals surface area (Å²) >= 11 is 1.46. The molecule has 0 N–H and O–H groups in total. The summed E-state index contributed by atoms with van der Waals surface area (Å²) in [7, 11) is -3.56. The van der Waals surface area contributed by atoms with Crippen LogP contribution in [0.3, 0.4) is 0 Å². The van der Waals surface area contributed by atoms with Gasteiger partial charge in [0.15, 0.2) is 15.0 Å². The molecule has 2 heterocycles. The monoisotopic (exact) mass is 496 g/mol. The second kappa shape index (κ2) is 10.1. The largest absolute Gasteiger partial charge is 0.337 e. The highest BCUT2D eigenvalue weighted by Crippen LogP contribution is 2.32. The maximum Gasteiger partial charge on any atom is 0.229 e. The molecule has 0 fully saturated rings. The Hall–Kier alpha value is -3.04. The standard InChI is InChI=1S/C25H28N4O3S2/c1-18-5-8-21(9-6-18)34(31,32)16-11-23(30)29(14-4-13-28-15-12-26-17-28)25-27-24-20(3)19(2)7-10-22(24)33-25/h5-10,12,15,17H,4,11,13-14,16H2,1-3H3. The van der Waals surface area contributed by atoms with Crippen molar-refractivity contribution in [2.45, 2.75) is 45.1 Å². The second-order valence-electron chi connectivity index (χ2n) is 8.43. The fourth-order valence-corrected chi connectivity index (χ4v) is 6.01. The molecule has 0 saturated carbocycles. The van der Waals surface area contributed by atoms with Gasteiger partial charge in [-0.05, 0) is 56.5 Å². The SMILES string of the molecule is Cc1ccc(S(=O)(=O)CCC(=O)N(CCCn2ccnc2)c2nc3c(C)c(C)ccc3s2)cc1. The van der Waals surface area contributed by atoms with Crippen molar-refractivity contribution in [2.75, 3.05) is 17.2 Å². The molecule has 1 amide bonds. The van der Waals surface area contributed by atoms with Crippen molar-refractivity contribution >= 4 is 42.4 Å². The van der Waals surface area contributed by atoms with E-state index in [-0.39, 0.29) is 23.0 Å². The number of carbonyl (C=O) groups is 1. The van der Waals surface area contributed by atoms with Crippen LogP contribution in [0.15, 0.2) is 60.0 Å². The first kappa shape index (κ1) is 24.1. The molecule has 0 saturated heterocycles. The molecule has 2 aromatic heterocycles. The van der Waals surface area contributed by atoms with Gasteiger partial charge in [0.25, 0.3) is 0 Å². The van der Waals surface area contributed by atoms with E-state index >= 15 is 0 Å². The molecule has 0 aliphatic rings. The minimum absolute atomic E-state index is 0.102. The Morgan fingerprint density at radius 2 is 1.85 bits per heavy atom. The van der Waals surface area contributed by atoms with Crippen LogP contribution in [0.4, 0.5) is 5.13 Å². The summed E-state index contributed by atoms with van der Waals surface area (Å²) in [6, 6.07) is 10.8. The Morgan fingerprint density at radius 1 is 1.09 bits per heavy atom. The van der Waals surface area contributed by atoms with Crippen molar-refractivity contribution in [3.8, 4) is 0 Å². The number of hydrogen-bond donors (Lipinski definition) is 0. The predicted octanol–water partition coefficient (Wildman–Crippen LogP) is 4.71. The summed E-state index contributed by atoms with van der Waals surface area (Å²) in [4.78, 5) is 24.0. The van der Waals surface area contributed by atoms with Gasteiger partial charge in [0.1, 0.15) is 0 Å². The molecular weight excluding hydrogens is 468 g/mol. The fraction of sp³-hybridized carbons (Fsp3) is 0.320. The maximum absolute atomic E-state index is 13.3. The van der Waals surface area contributed by atoms with Gasteiger partial charge in [0.05, 0.1) is 27.2 Å². The highest BCUT2D eigenvalue weighted by atomic mass is 32.2. The Balaban J connectivity index is 1.55. The van der Waals surface area contributed by atoms with Gasteiger partial charge in [-0.15, -0.1) is 0 Å². The van der Waals surface area contributed by atoms with Gasteiger partial charge in [0.2, 0.25) is 5.91 Å². The van der Waals surface area contributed by atoms with E-state index in [0.29, 0.717) is 24.6 Å². The zero-order valence-electron chi connectivity index (χ0n) is 19.6. The zero-order chi connectivity index (χ0) is 24.3. The van der Waals surface area contributed by atoms with Gasteiger partial charge in [-0.3, -0.25) is 9.69 Å². The van der Waals surface area contributed by atoms with Crippen LogP contribution in [0.5, 0.6) is 0 Å². The van der Waals surface area contributed by atoms with E-state index in [9.17, 15) is 13.2 Å². The lowest BCUT2D eigenvalue weighted by molar-refractivity contribution is -0.118. The van der Waals surface area contributed by atoms with Gasteiger partial charge in [-0.1, -0.05) is 35.1 Å². The molecule has 9 heteroatoms. The number of aromatic nitrogens is 3. The molecular formula is C25H28N4O3S2. The van der Waals surface area contributed by atoms with Crippen LogP contribution in [-0.2, 0) is 21.2 Å². The molecule has 4 aromatic rings. The van der Waals surface area contributed by atoms with Crippen LogP contribution < -0.4 is 4.90 Å². The topological polar surface area (TPSA) is 85.2 Å². The van der Waals surface area contributed by atoms with E-state index in [1.807, 2.05) is 37.6 Å². The molecule has 0 atom stereocenters. The van der Waals surface area contributed by atoms with Gasteiger partial charge < -0.3 is 4.57 Å². The normalized spacial score (nSPS) is 11.7. The number of amides is 1. The molecule has 0 bridgehead atoms. The Labute approximate surface area is 204 Å². The number of thiazole rings is 1. The van der Waals surface area contributed by atoms with Crippen molar-refractivity contribution in [3.63, 3.8) is 0 Å². The summed E-state index contributed by atoms with van der Waals surface area (Å²) in [5.74, 6) is -0.481. The lowest BCUT2D eigenvalue weighted by atomic mass is 10.1. The summed E-state index contributed by atoms with van der Waals surface area (Å²) in [5, 5.41) is 0.604. The minimum atomic E-state index is -3.56. The number of nitrogens with zero attached hydrogens (tertiary/aromatic N) is 4. The molecule has 0 radical (unpaired) electrons. The highest BCUT2D eigenvalue weighted by molar-refractivity contribution is 7.91. The van der Waals surface area contributed by atoms with Crippen LogP contribution in [0.1, 0.15) is 29.5 Å². The van der Waals surface area contributed by atoms with E-state index in [4.69, 9.17) is 4.98 Å². The summed E-state index contributed by atoms with van der Waals surface area (Å²) in [5.41, 5.74) is 4.11. The lowest BCUT2D eigenvalue weighted by Crippen LogP contribution is -2.33.